The predicted molar refractivity (Wildman–Crippen MR) is 78.2 cm³/mol. The van der Waals surface area contributed by atoms with Crippen LogP contribution in [0, 0.1) is 0 Å². The Bertz CT molecular complexity index is 434. The summed E-state index contributed by atoms with van der Waals surface area (Å²) >= 11 is 4.84. The van der Waals surface area contributed by atoms with Gasteiger partial charge in [0, 0.05) is 31.5 Å². The second-order valence-corrected chi connectivity index (χ2v) is 4.32. The lowest BCUT2D eigenvalue weighted by molar-refractivity contribution is 0.0664. The van der Waals surface area contributed by atoms with Crippen LogP contribution >= 0.6 is 12.2 Å². The molecule has 1 aromatic heterocycles. The van der Waals surface area contributed by atoms with Crippen molar-refractivity contribution in [1.82, 2.24) is 9.88 Å². The third kappa shape index (κ3) is 4.57. The Morgan fingerprint density at radius 3 is 2.68 bits per heavy atom. The SMILES string of the molecule is CCOCCN(CC)C(=O)c1ccc(C(N)=S)cn1. The van der Waals surface area contributed by atoms with Crippen molar-refractivity contribution in [2.75, 3.05) is 26.3 Å². The van der Waals surface area contributed by atoms with Gasteiger partial charge in [0.25, 0.3) is 5.91 Å². The minimum atomic E-state index is -0.114. The first-order valence-electron chi connectivity index (χ1n) is 6.23. The van der Waals surface area contributed by atoms with Gasteiger partial charge in [0.1, 0.15) is 10.7 Å². The van der Waals surface area contributed by atoms with Gasteiger partial charge in [-0.3, -0.25) is 9.78 Å². The number of carbonyl (C=O) groups is 1. The molecule has 0 spiro atoms. The molecule has 0 radical (unpaired) electrons. The molecular weight excluding hydrogens is 262 g/mol. The molecule has 5 nitrogen and oxygen atoms in total. The fourth-order valence-electron chi connectivity index (χ4n) is 1.55. The number of hydrogen-bond acceptors (Lipinski definition) is 4. The molecule has 1 heterocycles. The third-order valence-electron chi connectivity index (χ3n) is 2.65. The van der Waals surface area contributed by atoms with Gasteiger partial charge in [0.05, 0.1) is 6.61 Å². The average Bonchev–Trinajstić information content (AvgIpc) is 2.43. The molecule has 0 aliphatic heterocycles. The van der Waals surface area contributed by atoms with Crippen molar-refractivity contribution in [3.63, 3.8) is 0 Å². The van der Waals surface area contributed by atoms with Crippen LogP contribution in [0.4, 0.5) is 0 Å². The average molecular weight is 281 g/mol. The molecule has 19 heavy (non-hydrogen) atoms. The van der Waals surface area contributed by atoms with Crippen molar-refractivity contribution < 1.29 is 9.53 Å². The van der Waals surface area contributed by atoms with Crippen LogP contribution in [-0.2, 0) is 4.74 Å². The quantitative estimate of drug-likeness (QED) is 0.601. The lowest BCUT2D eigenvalue weighted by atomic mass is 10.2. The number of likely N-dealkylation sites (N-methyl/N-ethyl adjacent to an activating group) is 1. The highest BCUT2D eigenvalue weighted by atomic mass is 32.1. The molecule has 0 saturated carbocycles. The third-order valence-corrected chi connectivity index (χ3v) is 2.88. The highest BCUT2D eigenvalue weighted by Crippen LogP contribution is 2.04. The van der Waals surface area contributed by atoms with Crippen LogP contribution in [0.5, 0.6) is 0 Å². The molecule has 0 aromatic carbocycles. The molecule has 0 unspecified atom stereocenters. The van der Waals surface area contributed by atoms with E-state index in [0.717, 1.165) is 0 Å². The molecule has 0 aliphatic rings. The number of aromatic nitrogens is 1. The van der Waals surface area contributed by atoms with Crippen LogP contribution in [-0.4, -0.2) is 47.1 Å². The van der Waals surface area contributed by atoms with Gasteiger partial charge < -0.3 is 15.4 Å². The van der Waals surface area contributed by atoms with Gasteiger partial charge in [-0.2, -0.15) is 0 Å². The van der Waals surface area contributed by atoms with E-state index in [2.05, 4.69) is 4.98 Å². The summed E-state index contributed by atoms with van der Waals surface area (Å²) in [6.07, 6.45) is 1.52. The highest BCUT2D eigenvalue weighted by Gasteiger charge is 2.15. The maximum atomic E-state index is 12.2. The van der Waals surface area contributed by atoms with Crippen molar-refractivity contribution in [3.8, 4) is 0 Å². The van der Waals surface area contributed by atoms with Crippen molar-refractivity contribution in [1.29, 1.82) is 0 Å². The topological polar surface area (TPSA) is 68.5 Å². The number of ether oxygens (including phenoxy) is 1. The highest BCUT2D eigenvalue weighted by molar-refractivity contribution is 7.80. The van der Waals surface area contributed by atoms with E-state index >= 15 is 0 Å². The van der Waals surface area contributed by atoms with E-state index in [4.69, 9.17) is 22.7 Å². The van der Waals surface area contributed by atoms with Gasteiger partial charge in [-0.15, -0.1) is 0 Å². The Morgan fingerprint density at radius 1 is 1.47 bits per heavy atom. The Labute approximate surface area is 118 Å². The minimum absolute atomic E-state index is 0.114. The molecule has 1 amide bonds. The first-order valence-corrected chi connectivity index (χ1v) is 6.63. The van der Waals surface area contributed by atoms with Gasteiger partial charge in [0.2, 0.25) is 0 Å². The van der Waals surface area contributed by atoms with Crippen LogP contribution in [0.2, 0.25) is 0 Å². The summed E-state index contributed by atoms with van der Waals surface area (Å²) in [7, 11) is 0. The van der Waals surface area contributed by atoms with Crippen LogP contribution in [0.15, 0.2) is 18.3 Å². The van der Waals surface area contributed by atoms with Crippen molar-refractivity contribution >= 4 is 23.1 Å². The van der Waals surface area contributed by atoms with E-state index in [0.29, 0.717) is 37.6 Å². The molecular formula is C13H19N3O2S. The van der Waals surface area contributed by atoms with Crippen molar-refractivity contribution in [2.24, 2.45) is 5.73 Å². The fraction of sp³-hybridized carbons (Fsp3) is 0.462. The van der Waals surface area contributed by atoms with E-state index in [9.17, 15) is 4.79 Å². The molecule has 0 atom stereocenters. The number of thiocarbonyl (C=S) groups is 1. The zero-order valence-electron chi connectivity index (χ0n) is 11.3. The molecule has 2 N–H and O–H groups in total. The zero-order valence-corrected chi connectivity index (χ0v) is 12.1. The lowest BCUT2D eigenvalue weighted by Crippen LogP contribution is -2.34. The standard InChI is InChI=1S/C13H19N3O2S/c1-3-16(7-8-18-4-2)13(17)11-6-5-10(9-15-11)12(14)19/h5-6,9H,3-4,7-8H2,1-2H3,(H2,14,19). The molecule has 104 valence electrons. The number of amides is 1. The molecule has 0 bridgehead atoms. The molecule has 0 saturated heterocycles. The fourth-order valence-corrected chi connectivity index (χ4v) is 1.67. The summed E-state index contributed by atoms with van der Waals surface area (Å²) in [6, 6.07) is 3.35. The van der Waals surface area contributed by atoms with Gasteiger partial charge in [-0.25, -0.2) is 0 Å². The molecule has 0 fully saturated rings. The van der Waals surface area contributed by atoms with E-state index in [1.165, 1.54) is 6.20 Å². The summed E-state index contributed by atoms with van der Waals surface area (Å²) < 4.78 is 5.25. The molecule has 1 rings (SSSR count). The molecule has 6 heteroatoms. The lowest BCUT2D eigenvalue weighted by Gasteiger charge is -2.20. The second kappa shape index (κ2) is 7.81. The Morgan fingerprint density at radius 2 is 2.21 bits per heavy atom. The van der Waals surface area contributed by atoms with E-state index in [1.807, 2.05) is 13.8 Å². The Kier molecular flexibility index (Phi) is 6.38. The predicted octanol–water partition coefficient (Wildman–Crippen LogP) is 1.21. The maximum absolute atomic E-state index is 12.2. The number of hydrogen-bond donors (Lipinski definition) is 1. The number of nitrogens with two attached hydrogens (primary N) is 1. The normalized spacial score (nSPS) is 10.2. The first-order chi connectivity index (χ1) is 9.10. The number of carbonyl (C=O) groups excluding carboxylic acids is 1. The van der Waals surface area contributed by atoms with Crippen LogP contribution in [0.1, 0.15) is 29.9 Å². The van der Waals surface area contributed by atoms with Crippen LogP contribution < -0.4 is 5.73 Å². The Hall–Kier alpha value is -1.53. The van der Waals surface area contributed by atoms with E-state index in [-0.39, 0.29) is 10.9 Å². The minimum Gasteiger partial charge on any atom is -0.389 e. The van der Waals surface area contributed by atoms with E-state index in [1.54, 1.807) is 17.0 Å². The van der Waals surface area contributed by atoms with Crippen LogP contribution in [0.3, 0.4) is 0 Å². The van der Waals surface area contributed by atoms with Gasteiger partial charge in [-0.1, -0.05) is 12.2 Å². The number of pyridine rings is 1. The number of nitrogens with zero attached hydrogens (tertiary/aromatic N) is 2. The van der Waals surface area contributed by atoms with Crippen molar-refractivity contribution in [3.05, 3.63) is 29.6 Å². The largest absolute Gasteiger partial charge is 0.389 e. The van der Waals surface area contributed by atoms with Gasteiger partial charge in [0.15, 0.2) is 0 Å². The van der Waals surface area contributed by atoms with Gasteiger partial charge in [-0.05, 0) is 26.0 Å². The maximum Gasteiger partial charge on any atom is 0.272 e. The molecule has 1 aromatic rings. The monoisotopic (exact) mass is 281 g/mol. The van der Waals surface area contributed by atoms with Gasteiger partial charge >= 0.3 is 0 Å². The molecule has 0 aliphatic carbocycles. The number of rotatable bonds is 7. The first kappa shape index (κ1) is 15.5. The second-order valence-electron chi connectivity index (χ2n) is 3.88. The zero-order chi connectivity index (χ0) is 14.3. The summed E-state index contributed by atoms with van der Waals surface area (Å²) in [4.78, 5) is 18.3. The summed E-state index contributed by atoms with van der Waals surface area (Å²) in [5.74, 6) is -0.114. The summed E-state index contributed by atoms with van der Waals surface area (Å²) in [5, 5.41) is 0. The smallest absolute Gasteiger partial charge is 0.272 e. The van der Waals surface area contributed by atoms with E-state index < -0.39 is 0 Å². The summed E-state index contributed by atoms with van der Waals surface area (Å²) in [6.45, 7) is 6.20. The Balaban J connectivity index is 2.71. The van der Waals surface area contributed by atoms with Crippen LogP contribution in [0.25, 0.3) is 0 Å². The van der Waals surface area contributed by atoms with Crippen molar-refractivity contribution in [2.45, 2.75) is 13.8 Å². The summed E-state index contributed by atoms with van der Waals surface area (Å²) in [5.41, 5.74) is 6.53.